The lowest BCUT2D eigenvalue weighted by molar-refractivity contribution is -0.133. The van der Waals surface area contributed by atoms with E-state index >= 15 is 0 Å². The topological polar surface area (TPSA) is 46.3 Å². The van der Waals surface area contributed by atoms with Gasteiger partial charge in [0.15, 0.2) is 0 Å². The van der Waals surface area contributed by atoms with Crippen molar-refractivity contribution in [1.29, 1.82) is 0 Å². The first-order chi connectivity index (χ1) is 8.47. The number of hydrogen-bond acceptors (Lipinski definition) is 2. The van der Waals surface area contributed by atoms with Crippen LogP contribution < -0.4 is 5.73 Å². The third kappa shape index (κ3) is 3.59. The highest BCUT2D eigenvalue weighted by Gasteiger charge is 2.22. The molecule has 0 aliphatic carbocycles. The van der Waals surface area contributed by atoms with Gasteiger partial charge in [0.05, 0.1) is 12.1 Å². The Hall–Kier alpha value is -1.32. The standard InChI is InChI=1S/C14H19ClN2O/c1-4-6-13(16)14(18)17(3)10(2)11-7-5-8-12(15)9-11/h4-5,7-10,13H,1,6,16H2,2-3H3. The van der Waals surface area contributed by atoms with E-state index in [1.807, 2.05) is 31.2 Å². The van der Waals surface area contributed by atoms with Gasteiger partial charge < -0.3 is 10.6 Å². The third-order valence-electron chi connectivity index (χ3n) is 3.00. The molecule has 0 fully saturated rings. The van der Waals surface area contributed by atoms with Crippen LogP contribution in [0.15, 0.2) is 36.9 Å². The number of nitrogens with two attached hydrogens (primary N) is 1. The Kier molecular flexibility index (Phi) is 5.38. The summed E-state index contributed by atoms with van der Waals surface area (Å²) in [7, 11) is 1.75. The molecule has 0 saturated carbocycles. The van der Waals surface area contributed by atoms with Crippen LogP contribution in [-0.4, -0.2) is 23.9 Å². The molecule has 0 spiro atoms. The van der Waals surface area contributed by atoms with Crippen molar-refractivity contribution in [2.24, 2.45) is 5.73 Å². The van der Waals surface area contributed by atoms with Crippen LogP contribution in [0.2, 0.25) is 5.02 Å². The minimum atomic E-state index is -0.533. The number of nitrogens with zero attached hydrogens (tertiary/aromatic N) is 1. The van der Waals surface area contributed by atoms with Gasteiger partial charge >= 0.3 is 0 Å². The Labute approximate surface area is 113 Å². The van der Waals surface area contributed by atoms with Gasteiger partial charge in [-0.1, -0.05) is 29.8 Å². The highest BCUT2D eigenvalue weighted by molar-refractivity contribution is 6.30. The molecule has 0 aliphatic rings. The van der Waals surface area contributed by atoms with Crippen LogP contribution in [0.1, 0.15) is 24.9 Å². The number of carbonyl (C=O) groups excluding carboxylic acids is 1. The van der Waals surface area contributed by atoms with Crippen LogP contribution in [0, 0.1) is 0 Å². The summed E-state index contributed by atoms with van der Waals surface area (Å²) < 4.78 is 0. The van der Waals surface area contributed by atoms with Crippen LogP contribution in [-0.2, 0) is 4.79 Å². The Bertz CT molecular complexity index is 434. The van der Waals surface area contributed by atoms with Crippen molar-refractivity contribution in [1.82, 2.24) is 4.90 Å². The van der Waals surface area contributed by atoms with Gasteiger partial charge in [-0.3, -0.25) is 4.79 Å². The Morgan fingerprint density at radius 1 is 1.61 bits per heavy atom. The maximum atomic E-state index is 12.1. The molecular formula is C14H19ClN2O. The van der Waals surface area contributed by atoms with Crippen molar-refractivity contribution in [3.8, 4) is 0 Å². The lowest BCUT2D eigenvalue weighted by Gasteiger charge is -2.27. The third-order valence-corrected chi connectivity index (χ3v) is 3.23. The number of halogens is 1. The predicted octanol–water partition coefficient (Wildman–Crippen LogP) is 2.76. The van der Waals surface area contributed by atoms with Crippen molar-refractivity contribution in [3.63, 3.8) is 0 Å². The maximum Gasteiger partial charge on any atom is 0.240 e. The molecule has 0 bridgehead atoms. The number of hydrogen-bond donors (Lipinski definition) is 1. The van der Waals surface area contributed by atoms with Gasteiger partial charge in [-0.25, -0.2) is 0 Å². The predicted molar refractivity (Wildman–Crippen MR) is 75.4 cm³/mol. The first-order valence-electron chi connectivity index (χ1n) is 5.86. The second-order valence-electron chi connectivity index (χ2n) is 4.31. The molecule has 1 amide bonds. The second-order valence-corrected chi connectivity index (χ2v) is 4.75. The minimum Gasteiger partial charge on any atom is -0.338 e. The molecule has 18 heavy (non-hydrogen) atoms. The zero-order valence-corrected chi connectivity index (χ0v) is 11.5. The molecule has 2 N–H and O–H groups in total. The normalized spacial score (nSPS) is 13.8. The summed E-state index contributed by atoms with van der Waals surface area (Å²) in [4.78, 5) is 13.7. The van der Waals surface area contributed by atoms with Crippen molar-refractivity contribution < 1.29 is 4.79 Å². The number of benzene rings is 1. The summed E-state index contributed by atoms with van der Waals surface area (Å²) in [5.41, 5.74) is 6.78. The summed E-state index contributed by atoms with van der Waals surface area (Å²) >= 11 is 5.94. The average Bonchev–Trinajstić information content (AvgIpc) is 2.36. The van der Waals surface area contributed by atoms with Crippen molar-refractivity contribution in [2.45, 2.75) is 25.4 Å². The van der Waals surface area contributed by atoms with Gasteiger partial charge in [0, 0.05) is 12.1 Å². The molecule has 0 radical (unpaired) electrons. The molecule has 98 valence electrons. The fraction of sp³-hybridized carbons (Fsp3) is 0.357. The van der Waals surface area contributed by atoms with Crippen LogP contribution in [0.5, 0.6) is 0 Å². The van der Waals surface area contributed by atoms with E-state index in [2.05, 4.69) is 6.58 Å². The Morgan fingerprint density at radius 2 is 2.28 bits per heavy atom. The van der Waals surface area contributed by atoms with Crippen molar-refractivity contribution in [3.05, 3.63) is 47.5 Å². The summed E-state index contributed by atoms with van der Waals surface area (Å²) in [6.45, 7) is 5.54. The van der Waals surface area contributed by atoms with Gasteiger partial charge in [-0.15, -0.1) is 6.58 Å². The molecule has 0 aromatic heterocycles. The van der Waals surface area contributed by atoms with Gasteiger partial charge in [0.2, 0.25) is 5.91 Å². The zero-order valence-electron chi connectivity index (χ0n) is 10.8. The van der Waals surface area contributed by atoms with E-state index in [0.717, 1.165) is 5.56 Å². The van der Waals surface area contributed by atoms with E-state index < -0.39 is 6.04 Å². The average molecular weight is 267 g/mol. The molecule has 2 unspecified atom stereocenters. The molecule has 4 heteroatoms. The SMILES string of the molecule is C=CCC(N)C(=O)N(C)C(C)c1cccc(Cl)c1. The minimum absolute atomic E-state index is 0.0629. The first-order valence-corrected chi connectivity index (χ1v) is 6.23. The van der Waals surface area contributed by atoms with Crippen LogP contribution in [0.3, 0.4) is 0 Å². The number of rotatable bonds is 5. The van der Waals surface area contributed by atoms with E-state index in [9.17, 15) is 4.79 Å². The first kappa shape index (κ1) is 14.7. The quantitative estimate of drug-likeness (QED) is 0.833. The molecule has 1 aromatic rings. The number of amides is 1. The number of likely N-dealkylation sites (N-methyl/N-ethyl adjacent to an activating group) is 1. The Balaban J connectivity index is 2.80. The van der Waals surface area contributed by atoms with Crippen molar-refractivity contribution >= 4 is 17.5 Å². The van der Waals surface area contributed by atoms with Gasteiger partial charge in [-0.2, -0.15) is 0 Å². The van der Waals surface area contributed by atoms with E-state index in [4.69, 9.17) is 17.3 Å². The highest BCUT2D eigenvalue weighted by Crippen LogP contribution is 2.22. The maximum absolute atomic E-state index is 12.1. The largest absolute Gasteiger partial charge is 0.338 e. The van der Waals surface area contributed by atoms with E-state index in [1.165, 1.54) is 0 Å². The van der Waals surface area contributed by atoms with Gasteiger partial charge in [0.25, 0.3) is 0 Å². The lowest BCUT2D eigenvalue weighted by atomic mass is 10.1. The fourth-order valence-corrected chi connectivity index (χ4v) is 1.92. The van der Waals surface area contributed by atoms with Gasteiger partial charge in [0.1, 0.15) is 0 Å². The monoisotopic (exact) mass is 266 g/mol. The highest BCUT2D eigenvalue weighted by atomic mass is 35.5. The molecule has 0 aliphatic heterocycles. The fourth-order valence-electron chi connectivity index (χ4n) is 1.72. The molecule has 0 heterocycles. The van der Waals surface area contributed by atoms with E-state index in [0.29, 0.717) is 11.4 Å². The summed E-state index contributed by atoms with van der Waals surface area (Å²) in [5, 5.41) is 0.663. The molecule has 1 aromatic carbocycles. The summed E-state index contributed by atoms with van der Waals surface area (Å²) in [6.07, 6.45) is 2.13. The molecule has 3 nitrogen and oxygen atoms in total. The molecular weight excluding hydrogens is 248 g/mol. The number of carbonyl (C=O) groups is 1. The lowest BCUT2D eigenvalue weighted by Crippen LogP contribution is -2.42. The van der Waals surface area contributed by atoms with Crippen molar-refractivity contribution in [2.75, 3.05) is 7.05 Å². The van der Waals surface area contributed by atoms with E-state index in [1.54, 1.807) is 18.0 Å². The summed E-state index contributed by atoms with van der Waals surface area (Å²) in [5.74, 6) is -0.0950. The van der Waals surface area contributed by atoms with Crippen LogP contribution in [0.25, 0.3) is 0 Å². The van der Waals surface area contributed by atoms with Gasteiger partial charge in [-0.05, 0) is 31.0 Å². The smallest absolute Gasteiger partial charge is 0.240 e. The summed E-state index contributed by atoms with van der Waals surface area (Å²) in [6, 6.07) is 6.88. The van der Waals surface area contributed by atoms with Crippen LogP contribution >= 0.6 is 11.6 Å². The molecule has 0 saturated heterocycles. The Morgan fingerprint density at radius 3 is 2.83 bits per heavy atom. The molecule has 2 atom stereocenters. The zero-order chi connectivity index (χ0) is 13.7. The van der Waals surface area contributed by atoms with E-state index in [-0.39, 0.29) is 11.9 Å². The second kappa shape index (κ2) is 6.57. The molecule has 1 rings (SSSR count). The van der Waals surface area contributed by atoms with Crippen LogP contribution in [0.4, 0.5) is 0 Å².